The maximum Gasteiger partial charge on any atom is 0.140 e. The van der Waals surface area contributed by atoms with Gasteiger partial charge in [0.2, 0.25) is 0 Å². The number of ether oxygens (including phenoxy) is 2. The molecule has 3 rings (SSSR count). The summed E-state index contributed by atoms with van der Waals surface area (Å²) in [6.07, 6.45) is 14.4. The minimum Gasteiger partial charge on any atom is -0.379 e. The van der Waals surface area contributed by atoms with E-state index in [2.05, 4.69) is 81.2 Å². The van der Waals surface area contributed by atoms with Gasteiger partial charge in [-0.1, -0.05) is 81.6 Å². The van der Waals surface area contributed by atoms with Gasteiger partial charge in [-0.3, -0.25) is 9.98 Å². The second kappa shape index (κ2) is 31.1. The topological polar surface area (TPSA) is 85.9 Å². The zero-order valence-electron chi connectivity index (χ0n) is 31.7. The van der Waals surface area contributed by atoms with Crippen LogP contribution in [-0.4, -0.2) is 71.6 Å². The number of unbranched alkanes of at least 4 members (excludes halogenated alkanes) is 2. The Kier molecular flexibility index (Phi) is 30.9. The number of hydrogen-bond acceptors (Lipinski definition) is 8. The van der Waals surface area contributed by atoms with E-state index in [-0.39, 0.29) is 6.04 Å². The third-order valence-corrected chi connectivity index (χ3v) is 7.11. The Hall–Kier alpha value is -2.49. The van der Waals surface area contributed by atoms with Gasteiger partial charge in [-0.05, 0) is 74.0 Å². The van der Waals surface area contributed by atoms with Crippen LogP contribution in [0.2, 0.25) is 0 Å². The molecule has 1 saturated heterocycles. The van der Waals surface area contributed by atoms with Gasteiger partial charge in [0.25, 0.3) is 0 Å². The van der Waals surface area contributed by atoms with Crippen LogP contribution < -0.4 is 5.32 Å². The van der Waals surface area contributed by atoms with E-state index >= 15 is 0 Å². The molecule has 1 aliphatic heterocycles. The van der Waals surface area contributed by atoms with E-state index in [1.54, 1.807) is 13.2 Å². The van der Waals surface area contributed by atoms with Crippen molar-refractivity contribution in [3.8, 4) is 0 Å². The lowest BCUT2D eigenvalue weighted by atomic mass is 9.98. The molecule has 0 saturated carbocycles. The zero-order chi connectivity index (χ0) is 35.2. The van der Waals surface area contributed by atoms with E-state index in [1.807, 2.05) is 62.6 Å². The molecular weight excluding hydrogens is 593 g/mol. The van der Waals surface area contributed by atoms with Gasteiger partial charge in [-0.15, -0.1) is 0 Å². The largest absolute Gasteiger partial charge is 0.379 e. The zero-order valence-corrected chi connectivity index (χ0v) is 32.5. The number of pyridine rings is 1. The molecule has 0 aliphatic carbocycles. The molecule has 1 atom stereocenters. The number of anilines is 1. The molecule has 2 aromatic rings. The molecule has 0 spiro atoms. The number of hydrogen-bond donors (Lipinski definition) is 1. The summed E-state index contributed by atoms with van der Waals surface area (Å²) in [6.45, 7) is 25.4. The molecule has 0 bridgehead atoms. The second-order valence-corrected chi connectivity index (χ2v) is 11.2. The first-order valence-electron chi connectivity index (χ1n) is 17.5. The van der Waals surface area contributed by atoms with Gasteiger partial charge in [0, 0.05) is 38.9 Å². The summed E-state index contributed by atoms with van der Waals surface area (Å²) in [7, 11) is 1.79. The average Bonchev–Trinajstić information content (AvgIpc) is 3.79. The van der Waals surface area contributed by atoms with Crippen LogP contribution in [0.15, 0.2) is 34.5 Å². The maximum absolute atomic E-state index is 5.74. The molecule has 1 aliphatic rings. The van der Waals surface area contributed by atoms with Gasteiger partial charge in [0.1, 0.15) is 18.3 Å². The second-order valence-electron chi connectivity index (χ2n) is 10.1. The summed E-state index contributed by atoms with van der Waals surface area (Å²) in [5, 5.41) is 8.01. The first-order chi connectivity index (χ1) is 22.4. The van der Waals surface area contributed by atoms with Gasteiger partial charge in [0.15, 0.2) is 0 Å². The summed E-state index contributed by atoms with van der Waals surface area (Å²) in [5.41, 5.74) is 5.71. The van der Waals surface area contributed by atoms with Gasteiger partial charge in [-0.25, -0.2) is 9.67 Å². The summed E-state index contributed by atoms with van der Waals surface area (Å²) in [4.78, 5) is 14.2. The monoisotopic (exact) mass is 661 g/mol. The predicted molar refractivity (Wildman–Crippen MR) is 206 cm³/mol. The number of aromatic nitrogens is 3. The van der Waals surface area contributed by atoms with Crippen LogP contribution in [0.3, 0.4) is 0 Å². The maximum atomic E-state index is 5.74. The average molecular weight is 661 g/mol. The van der Waals surface area contributed by atoms with Crippen molar-refractivity contribution < 1.29 is 9.47 Å². The lowest BCUT2D eigenvalue weighted by Gasteiger charge is -2.18. The highest BCUT2D eigenvalue weighted by atomic mass is 32.2. The van der Waals surface area contributed by atoms with E-state index in [1.165, 1.54) is 18.6 Å². The fourth-order valence-corrected chi connectivity index (χ4v) is 3.89. The summed E-state index contributed by atoms with van der Waals surface area (Å²) < 4.78 is 13.1. The lowest BCUT2D eigenvalue weighted by molar-refractivity contribution is 0.0690. The van der Waals surface area contributed by atoms with Gasteiger partial charge >= 0.3 is 0 Å². The van der Waals surface area contributed by atoms with Crippen LogP contribution in [0.25, 0.3) is 5.57 Å². The Morgan fingerprint density at radius 3 is 2.30 bits per heavy atom. The third kappa shape index (κ3) is 18.0. The van der Waals surface area contributed by atoms with Crippen LogP contribution in [0.5, 0.6) is 0 Å². The van der Waals surface area contributed by atoms with Crippen molar-refractivity contribution in [1.82, 2.24) is 14.8 Å². The van der Waals surface area contributed by atoms with E-state index in [0.29, 0.717) is 19.9 Å². The first kappa shape index (κ1) is 45.6. The minimum atomic E-state index is 0.248. The van der Waals surface area contributed by atoms with Crippen molar-refractivity contribution in [2.24, 2.45) is 9.98 Å². The van der Waals surface area contributed by atoms with E-state index in [9.17, 15) is 0 Å². The Labute approximate surface area is 287 Å². The van der Waals surface area contributed by atoms with E-state index in [0.717, 1.165) is 71.9 Å². The normalized spacial score (nSPS) is 14.2. The molecule has 0 amide bonds. The summed E-state index contributed by atoms with van der Waals surface area (Å²) in [5.74, 6) is 2.05. The standard InChI is InChI=1S/C26H38N6O2.C4H10.C3H8S.2C2H6/c1-6-8-11-28-16-19(3)22-15-24(30-21-10-14-33-17-21)31-25(20(22)4)26(27-5)23-9-12-29-32(23)18-34-13-7-2;2*1-3-4-2;2*1-2/h9,11-12,15-16,21H,6-8,10,13-14,17-18H2,1-5H3,(H,30,31);3-4H2,1-2H3;3H2,1-2H3;2*1-2H3/b19-16+,27-26?,28-11?;;;;. The summed E-state index contributed by atoms with van der Waals surface area (Å²) >= 11 is 1.86. The number of nitrogens with one attached hydrogen (secondary N) is 1. The highest BCUT2D eigenvalue weighted by Crippen LogP contribution is 2.27. The molecule has 1 unspecified atom stereocenters. The highest BCUT2D eigenvalue weighted by Gasteiger charge is 2.22. The van der Waals surface area contributed by atoms with E-state index < -0.39 is 0 Å². The van der Waals surface area contributed by atoms with Crippen molar-refractivity contribution in [3.63, 3.8) is 0 Å². The van der Waals surface area contributed by atoms with Crippen molar-refractivity contribution >= 4 is 35.1 Å². The molecule has 1 fully saturated rings. The molecular formula is C37H68N6O2S. The fourth-order valence-electron chi connectivity index (χ4n) is 3.89. The Morgan fingerprint density at radius 1 is 1.11 bits per heavy atom. The molecule has 1 N–H and O–H groups in total. The van der Waals surface area contributed by atoms with Crippen LogP contribution in [0.4, 0.5) is 5.82 Å². The molecule has 264 valence electrons. The molecule has 46 heavy (non-hydrogen) atoms. The molecule has 9 heteroatoms. The fraction of sp³-hybridized carbons (Fsp3) is 0.676. The summed E-state index contributed by atoms with van der Waals surface area (Å²) in [6, 6.07) is 4.31. The predicted octanol–water partition coefficient (Wildman–Crippen LogP) is 10.1. The van der Waals surface area contributed by atoms with Gasteiger partial charge < -0.3 is 14.8 Å². The first-order valence-corrected chi connectivity index (χ1v) is 18.9. The van der Waals surface area contributed by atoms with Crippen LogP contribution in [0, 0.1) is 6.92 Å². The van der Waals surface area contributed by atoms with Gasteiger partial charge in [0.05, 0.1) is 24.0 Å². The Morgan fingerprint density at radius 2 is 1.78 bits per heavy atom. The van der Waals surface area contributed by atoms with Crippen molar-refractivity contribution in [2.45, 2.75) is 127 Å². The highest BCUT2D eigenvalue weighted by molar-refractivity contribution is 7.98. The number of nitrogens with zero attached hydrogens (tertiary/aromatic N) is 5. The Balaban J connectivity index is 0. The molecule has 0 radical (unpaired) electrons. The molecule has 3 heterocycles. The number of aliphatic imine (C=N–C) groups is 2. The smallest absolute Gasteiger partial charge is 0.140 e. The van der Waals surface area contributed by atoms with E-state index in [4.69, 9.17) is 14.5 Å². The van der Waals surface area contributed by atoms with Crippen molar-refractivity contribution in [3.05, 3.63) is 47.0 Å². The molecule has 0 aromatic carbocycles. The Bertz CT molecular complexity index is 1080. The lowest BCUT2D eigenvalue weighted by Crippen LogP contribution is -2.22. The number of thioether (sulfide) groups is 1. The van der Waals surface area contributed by atoms with Crippen molar-refractivity contribution in [2.75, 3.05) is 44.2 Å². The van der Waals surface area contributed by atoms with Crippen LogP contribution >= 0.6 is 11.8 Å². The van der Waals surface area contributed by atoms with Crippen LogP contribution in [0.1, 0.15) is 130 Å². The van der Waals surface area contributed by atoms with Gasteiger partial charge in [-0.2, -0.15) is 16.9 Å². The molecule has 2 aromatic heterocycles. The third-order valence-electron chi connectivity index (χ3n) is 6.53. The number of rotatable bonds is 14. The van der Waals surface area contributed by atoms with Crippen LogP contribution in [-0.2, 0) is 16.2 Å². The SMILES string of the molecule is CC.CC.CCCC.CCCC=N/C=C(\C)c1cc(NC2CCOC2)nc(C(=NC)c2ccnn2COCCC)c1C.CCSC. The quantitative estimate of drug-likeness (QED) is 0.160. The number of allylic oxidation sites excluding steroid dienone is 1. The van der Waals surface area contributed by atoms with Crippen molar-refractivity contribution in [1.29, 1.82) is 0 Å². The molecule has 8 nitrogen and oxygen atoms in total. The minimum absolute atomic E-state index is 0.248.